The normalized spacial score (nSPS) is 19.2. The van der Waals surface area contributed by atoms with Crippen molar-refractivity contribution in [1.82, 2.24) is 0 Å². The van der Waals surface area contributed by atoms with Crippen molar-refractivity contribution in [3.05, 3.63) is 54.3 Å². The summed E-state index contributed by atoms with van der Waals surface area (Å²) in [6.45, 7) is 21.2. The maximum absolute atomic E-state index is 7.86. The summed E-state index contributed by atoms with van der Waals surface area (Å²) >= 11 is 0. The van der Waals surface area contributed by atoms with Crippen molar-refractivity contribution in [3.8, 4) is 5.75 Å². The van der Waals surface area contributed by atoms with Crippen LogP contribution in [0.5, 0.6) is 5.75 Å². The number of benzene rings is 1. The van der Waals surface area contributed by atoms with Gasteiger partial charge in [-0.2, -0.15) is 0 Å². The summed E-state index contributed by atoms with van der Waals surface area (Å²) in [6, 6.07) is 8.72. The van der Waals surface area contributed by atoms with Gasteiger partial charge in [0.25, 0.3) is 0 Å². The van der Waals surface area contributed by atoms with Gasteiger partial charge in [0.05, 0.1) is 5.76 Å². The third kappa shape index (κ3) is 10.3. The lowest BCUT2D eigenvalue weighted by atomic mass is 9.76. The summed E-state index contributed by atoms with van der Waals surface area (Å²) in [7, 11) is 0. The van der Waals surface area contributed by atoms with E-state index in [2.05, 4.69) is 65.1 Å². The van der Waals surface area contributed by atoms with E-state index in [0.717, 1.165) is 11.7 Å². The maximum atomic E-state index is 7.86. The van der Waals surface area contributed by atoms with E-state index in [1.165, 1.54) is 43.7 Å². The van der Waals surface area contributed by atoms with Gasteiger partial charge in [-0.1, -0.05) is 44.7 Å². The summed E-state index contributed by atoms with van der Waals surface area (Å²) in [4.78, 5) is 0. The zero-order valence-corrected chi connectivity index (χ0v) is 18.1. The molecule has 0 aliphatic heterocycles. The molecule has 2 heteroatoms. The predicted molar refractivity (Wildman–Crippen MR) is 115 cm³/mol. The number of allylic oxidation sites excluding steroid dienone is 2. The van der Waals surface area contributed by atoms with E-state index in [1.54, 1.807) is 0 Å². The summed E-state index contributed by atoms with van der Waals surface area (Å²) in [5.74, 6) is 2.60. The quantitative estimate of drug-likeness (QED) is 0.440. The minimum Gasteiger partial charge on any atom is -0.513 e. The van der Waals surface area contributed by atoms with Gasteiger partial charge < -0.3 is 9.84 Å². The molecule has 2 nitrogen and oxygen atoms in total. The topological polar surface area (TPSA) is 29.5 Å². The van der Waals surface area contributed by atoms with Crippen LogP contribution in [-0.2, 0) is 0 Å². The summed E-state index contributed by atoms with van der Waals surface area (Å²) in [5, 5.41) is 7.86. The molecule has 1 aromatic rings. The fourth-order valence-electron chi connectivity index (χ4n) is 3.08. The average molecular weight is 361 g/mol. The first-order valence-electron chi connectivity index (χ1n) is 9.87. The standard InChI is InChI=1S/C19H28O.C3H6O.C2H6/c1-14(2)15-6-8-16(9-7-15)17-10-12-18(13-11-17)20-19(3,4)5;1-3(2)4;1-2/h10-13,15-16H,1,6-9H2,2-5H3;4H,1H2,2H3;1-2H3. The molecule has 0 heterocycles. The van der Waals surface area contributed by atoms with Crippen LogP contribution in [0.2, 0.25) is 0 Å². The highest BCUT2D eigenvalue weighted by molar-refractivity contribution is 5.30. The van der Waals surface area contributed by atoms with E-state index in [0.29, 0.717) is 5.92 Å². The molecule has 0 unspecified atom stereocenters. The van der Waals surface area contributed by atoms with Crippen molar-refractivity contribution in [1.29, 1.82) is 0 Å². The molecular weight excluding hydrogens is 320 g/mol. The van der Waals surface area contributed by atoms with Crippen LogP contribution in [0.4, 0.5) is 0 Å². The lowest BCUT2D eigenvalue weighted by Gasteiger charge is -2.29. The SMILES string of the molecule is C=C(C)C1CCC(c2ccc(OC(C)(C)C)cc2)CC1.C=C(C)O.CC. The number of hydrogen-bond acceptors (Lipinski definition) is 2. The van der Waals surface area contributed by atoms with E-state index in [4.69, 9.17) is 9.84 Å². The first-order valence-corrected chi connectivity index (χ1v) is 9.87. The van der Waals surface area contributed by atoms with Crippen molar-refractivity contribution in [2.45, 2.75) is 85.7 Å². The maximum Gasteiger partial charge on any atom is 0.120 e. The van der Waals surface area contributed by atoms with E-state index in [1.807, 2.05) is 13.8 Å². The largest absolute Gasteiger partial charge is 0.513 e. The predicted octanol–water partition coefficient (Wildman–Crippen LogP) is 7.82. The second kappa shape index (κ2) is 11.8. The first-order chi connectivity index (χ1) is 12.1. The van der Waals surface area contributed by atoms with Crippen molar-refractivity contribution in [2.75, 3.05) is 0 Å². The molecule has 1 saturated carbocycles. The van der Waals surface area contributed by atoms with Gasteiger partial charge in [0, 0.05) is 0 Å². The van der Waals surface area contributed by atoms with Gasteiger partial charge >= 0.3 is 0 Å². The Morgan fingerprint density at radius 1 is 0.962 bits per heavy atom. The molecule has 2 rings (SSSR count). The molecule has 26 heavy (non-hydrogen) atoms. The number of aliphatic hydroxyl groups excluding tert-OH is 1. The fraction of sp³-hybridized carbons (Fsp3) is 0.583. The first kappa shape index (κ1) is 24.3. The van der Waals surface area contributed by atoms with Crippen molar-refractivity contribution < 1.29 is 9.84 Å². The van der Waals surface area contributed by atoms with Crippen LogP contribution in [0.25, 0.3) is 0 Å². The third-order valence-electron chi connectivity index (χ3n) is 4.20. The molecule has 0 bridgehead atoms. The summed E-state index contributed by atoms with van der Waals surface area (Å²) in [6.07, 6.45) is 5.16. The highest BCUT2D eigenvalue weighted by atomic mass is 16.5. The van der Waals surface area contributed by atoms with Gasteiger partial charge in [0.15, 0.2) is 0 Å². The molecule has 1 N–H and O–H groups in total. The van der Waals surface area contributed by atoms with E-state index in [-0.39, 0.29) is 11.4 Å². The van der Waals surface area contributed by atoms with Gasteiger partial charge in [-0.15, -0.1) is 0 Å². The van der Waals surface area contributed by atoms with Crippen molar-refractivity contribution in [2.24, 2.45) is 5.92 Å². The molecule has 1 aliphatic rings. The zero-order chi connectivity index (χ0) is 20.3. The Hall–Kier alpha value is -1.70. The van der Waals surface area contributed by atoms with Crippen LogP contribution in [0.15, 0.2) is 48.8 Å². The van der Waals surface area contributed by atoms with Gasteiger partial charge in [-0.25, -0.2) is 0 Å². The molecule has 1 aliphatic carbocycles. The molecule has 0 radical (unpaired) electrons. The Balaban J connectivity index is 0.000000920. The Morgan fingerprint density at radius 2 is 1.38 bits per heavy atom. The van der Waals surface area contributed by atoms with Gasteiger partial charge in [-0.05, 0) is 89.8 Å². The fourth-order valence-corrected chi connectivity index (χ4v) is 3.08. The minimum atomic E-state index is -0.124. The zero-order valence-electron chi connectivity index (χ0n) is 18.1. The minimum absolute atomic E-state index is 0.124. The van der Waals surface area contributed by atoms with Crippen LogP contribution in [0.3, 0.4) is 0 Å². The Kier molecular flexibility index (Phi) is 11.1. The third-order valence-corrected chi connectivity index (χ3v) is 4.20. The smallest absolute Gasteiger partial charge is 0.120 e. The summed E-state index contributed by atoms with van der Waals surface area (Å²) in [5.41, 5.74) is 2.70. The molecule has 148 valence electrons. The van der Waals surface area contributed by atoms with Crippen LogP contribution in [0, 0.1) is 5.92 Å². The van der Waals surface area contributed by atoms with Crippen LogP contribution >= 0.6 is 0 Å². The molecule has 0 atom stereocenters. The monoisotopic (exact) mass is 360 g/mol. The van der Waals surface area contributed by atoms with Gasteiger partial charge in [0.2, 0.25) is 0 Å². The van der Waals surface area contributed by atoms with Crippen molar-refractivity contribution >= 4 is 0 Å². The number of rotatable bonds is 3. The van der Waals surface area contributed by atoms with Gasteiger partial charge in [-0.3, -0.25) is 0 Å². The second-order valence-electron chi connectivity index (χ2n) is 7.91. The van der Waals surface area contributed by atoms with Crippen LogP contribution in [0.1, 0.15) is 85.6 Å². The van der Waals surface area contributed by atoms with E-state index in [9.17, 15) is 0 Å². The Labute approximate surface area is 162 Å². The highest BCUT2D eigenvalue weighted by Gasteiger charge is 2.22. The highest BCUT2D eigenvalue weighted by Crippen LogP contribution is 2.38. The molecule has 0 spiro atoms. The summed E-state index contributed by atoms with van der Waals surface area (Å²) < 4.78 is 5.88. The lowest BCUT2D eigenvalue weighted by Crippen LogP contribution is -2.22. The Morgan fingerprint density at radius 3 is 1.73 bits per heavy atom. The molecule has 1 aromatic carbocycles. The molecule has 0 saturated heterocycles. The van der Waals surface area contributed by atoms with Crippen molar-refractivity contribution in [3.63, 3.8) is 0 Å². The molecule has 1 fully saturated rings. The molecule has 0 amide bonds. The van der Waals surface area contributed by atoms with Gasteiger partial charge in [0.1, 0.15) is 11.4 Å². The lowest BCUT2D eigenvalue weighted by molar-refractivity contribution is 0.131. The van der Waals surface area contributed by atoms with E-state index >= 15 is 0 Å². The van der Waals surface area contributed by atoms with Crippen LogP contribution in [-0.4, -0.2) is 10.7 Å². The molecule has 0 aromatic heterocycles. The number of ether oxygens (including phenoxy) is 1. The van der Waals surface area contributed by atoms with E-state index < -0.39 is 0 Å². The molecular formula is C24H40O2. The number of aliphatic hydroxyl groups is 1. The Bertz CT molecular complexity index is 522. The van der Waals surface area contributed by atoms with Crippen LogP contribution < -0.4 is 4.74 Å². The number of hydrogen-bond donors (Lipinski definition) is 1. The second-order valence-corrected chi connectivity index (χ2v) is 7.91. The average Bonchev–Trinajstić information content (AvgIpc) is 2.55.